The van der Waals surface area contributed by atoms with Gasteiger partial charge in [-0.25, -0.2) is 4.79 Å². The van der Waals surface area contributed by atoms with Gasteiger partial charge < -0.3 is 15.7 Å². The summed E-state index contributed by atoms with van der Waals surface area (Å²) in [7, 11) is 0. The number of anilines is 1. The molecule has 5 nitrogen and oxygen atoms in total. The molecule has 2 amide bonds. The lowest BCUT2D eigenvalue weighted by molar-refractivity contribution is -0.137. The van der Waals surface area contributed by atoms with Crippen LogP contribution in [0.5, 0.6) is 0 Å². The summed E-state index contributed by atoms with van der Waals surface area (Å²) in [6, 6.07) is 7.37. The van der Waals surface area contributed by atoms with Crippen LogP contribution in [0.1, 0.15) is 32.1 Å². The molecule has 6 heteroatoms. The van der Waals surface area contributed by atoms with E-state index in [4.69, 9.17) is 5.11 Å². The molecule has 1 aromatic carbocycles. The van der Waals surface area contributed by atoms with E-state index in [1.54, 1.807) is 0 Å². The molecule has 0 aromatic heterocycles. The number of benzene rings is 1. The smallest absolute Gasteiger partial charge is 0.319 e. The number of hydrogen-bond donors (Lipinski definition) is 3. The van der Waals surface area contributed by atoms with Crippen molar-refractivity contribution in [2.24, 2.45) is 0 Å². The molecule has 0 aliphatic carbocycles. The summed E-state index contributed by atoms with van der Waals surface area (Å²) in [5.41, 5.74) is 0.798. The topological polar surface area (TPSA) is 78.4 Å². The summed E-state index contributed by atoms with van der Waals surface area (Å²) in [5, 5.41) is 14.1. The molecule has 0 aliphatic rings. The Morgan fingerprint density at radius 2 is 1.80 bits per heavy atom. The molecule has 1 rings (SSSR count). The van der Waals surface area contributed by atoms with Crippen molar-refractivity contribution in [2.75, 3.05) is 11.9 Å². The van der Waals surface area contributed by atoms with E-state index in [0.29, 0.717) is 13.0 Å². The average Bonchev–Trinajstić information content (AvgIpc) is 2.40. The molecule has 0 atom stereocenters. The van der Waals surface area contributed by atoms with E-state index >= 15 is 0 Å². The fraction of sp³-hybridized carbons (Fsp3) is 0.429. The van der Waals surface area contributed by atoms with Crippen LogP contribution < -0.4 is 10.6 Å². The van der Waals surface area contributed by atoms with Crippen LogP contribution in [0.2, 0.25) is 0 Å². The molecule has 20 heavy (non-hydrogen) atoms. The number of halogens is 1. The standard InChI is InChI=1S/C14H19IN2O3/c15-11-7-4-5-8-12(11)17-14(20)16-10-6-2-1-3-9-13(18)19/h4-5,7-8H,1-3,6,9-10H2,(H,18,19)(H2,16,17,20). The molecule has 0 unspecified atom stereocenters. The molecule has 0 fully saturated rings. The number of aliphatic carboxylic acids is 1. The first-order valence-electron chi connectivity index (χ1n) is 6.61. The van der Waals surface area contributed by atoms with Crippen molar-refractivity contribution in [3.63, 3.8) is 0 Å². The zero-order valence-corrected chi connectivity index (χ0v) is 13.4. The van der Waals surface area contributed by atoms with Crippen LogP contribution in [0.25, 0.3) is 0 Å². The van der Waals surface area contributed by atoms with Gasteiger partial charge >= 0.3 is 12.0 Å². The van der Waals surface area contributed by atoms with Crippen LogP contribution in [0, 0.1) is 3.57 Å². The number of para-hydroxylation sites is 1. The summed E-state index contributed by atoms with van der Waals surface area (Å²) in [6.07, 6.45) is 3.59. The number of carbonyl (C=O) groups is 2. The predicted octanol–water partition coefficient (Wildman–Crippen LogP) is 3.45. The van der Waals surface area contributed by atoms with Gasteiger partial charge in [-0.2, -0.15) is 0 Å². The summed E-state index contributed by atoms with van der Waals surface area (Å²) >= 11 is 2.17. The second-order valence-electron chi connectivity index (χ2n) is 4.42. The maximum Gasteiger partial charge on any atom is 0.319 e. The fourth-order valence-electron chi connectivity index (χ4n) is 1.69. The quantitative estimate of drug-likeness (QED) is 0.470. The monoisotopic (exact) mass is 390 g/mol. The lowest BCUT2D eigenvalue weighted by Crippen LogP contribution is -2.29. The Bertz CT molecular complexity index is 452. The summed E-state index contributed by atoms with van der Waals surface area (Å²) in [4.78, 5) is 22.0. The van der Waals surface area contributed by atoms with Crippen LogP contribution in [0.3, 0.4) is 0 Å². The van der Waals surface area contributed by atoms with Gasteiger partial charge in [-0.15, -0.1) is 0 Å². The highest BCUT2D eigenvalue weighted by Crippen LogP contribution is 2.16. The number of carboxylic acid groups (broad SMARTS) is 1. The van der Waals surface area contributed by atoms with Crippen molar-refractivity contribution >= 4 is 40.3 Å². The normalized spacial score (nSPS) is 10.1. The third-order valence-electron chi connectivity index (χ3n) is 2.73. The number of carbonyl (C=O) groups excluding carboxylic acids is 1. The first kappa shape index (κ1) is 16.7. The third-order valence-corrected chi connectivity index (χ3v) is 3.67. The molecular weight excluding hydrogens is 371 g/mol. The zero-order valence-electron chi connectivity index (χ0n) is 11.2. The molecule has 0 spiro atoms. The molecule has 0 heterocycles. The van der Waals surface area contributed by atoms with Crippen LogP contribution in [-0.2, 0) is 4.79 Å². The lowest BCUT2D eigenvalue weighted by atomic mass is 10.1. The van der Waals surface area contributed by atoms with E-state index in [2.05, 4.69) is 33.2 Å². The Labute approximate surface area is 132 Å². The van der Waals surface area contributed by atoms with Crippen molar-refractivity contribution in [3.05, 3.63) is 27.8 Å². The van der Waals surface area contributed by atoms with E-state index in [1.807, 2.05) is 24.3 Å². The molecule has 1 aromatic rings. The maximum absolute atomic E-state index is 11.6. The number of unbranched alkanes of at least 4 members (excludes halogenated alkanes) is 3. The largest absolute Gasteiger partial charge is 0.481 e. The van der Waals surface area contributed by atoms with Gasteiger partial charge in [0.2, 0.25) is 0 Å². The van der Waals surface area contributed by atoms with E-state index in [1.165, 1.54) is 0 Å². The molecule has 0 aliphatic heterocycles. The van der Waals surface area contributed by atoms with Crippen molar-refractivity contribution in [3.8, 4) is 0 Å². The van der Waals surface area contributed by atoms with Gasteiger partial charge in [0.25, 0.3) is 0 Å². The Morgan fingerprint density at radius 1 is 1.10 bits per heavy atom. The Balaban J connectivity index is 2.09. The average molecular weight is 390 g/mol. The molecule has 3 N–H and O–H groups in total. The van der Waals surface area contributed by atoms with Gasteiger partial charge in [0.15, 0.2) is 0 Å². The van der Waals surface area contributed by atoms with E-state index in [-0.39, 0.29) is 12.5 Å². The van der Waals surface area contributed by atoms with Gasteiger partial charge in [-0.1, -0.05) is 25.0 Å². The van der Waals surface area contributed by atoms with E-state index in [0.717, 1.165) is 28.5 Å². The molecular formula is C14H19IN2O3. The summed E-state index contributed by atoms with van der Waals surface area (Å²) < 4.78 is 0.994. The minimum absolute atomic E-state index is 0.209. The Kier molecular flexibility index (Phi) is 8.01. The highest BCUT2D eigenvalue weighted by Gasteiger charge is 2.03. The Morgan fingerprint density at radius 3 is 2.50 bits per heavy atom. The van der Waals surface area contributed by atoms with Crippen LogP contribution in [0.4, 0.5) is 10.5 Å². The fourth-order valence-corrected chi connectivity index (χ4v) is 2.21. The summed E-state index contributed by atoms with van der Waals surface area (Å²) in [5.74, 6) is -0.750. The van der Waals surface area contributed by atoms with Crippen LogP contribution in [0.15, 0.2) is 24.3 Å². The van der Waals surface area contributed by atoms with Crippen molar-refractivity contribution in [2.45, 2.75) is 32.1 Å². The Hall–Kier alpha value is -1.31. The molecule has 110 valence electrons. The van der Waals surface area contributed by atoms with Gasteiger partial charge in [0.1, 0.15) is 0 Å². The SMILES string of the molecule is O=C(O)CCCCCCNC(=O)Nc1ccccc1I. The number of rotatable bonds is 8. The van der Waals surface area contributed by atoms with E-state index < -0.39 is 5.97 Å². The highest BCUT2D eigenvalue weighted by molar-refractivity contribution is 14.1. The summed E-state index contributed by atoms with van der Waals surface area (Å²) in [6.45, 7) is 0.600. The number of amides is 2. The number of nitrogens with one attached hydrogen (secondary N) is 2. The van der Waals surface area contributed by atoms with Gasteiger partial charge in [0, 0.05) is 16.5 Å². The number of urea groups is 1. The van der Waals surface area contributed by atoms with E-state index in [9.17, 15) is 9.59 Å². The third kappa shape index (κ3) is 7.32. The lowest BCUT2D eigenvalue weighted by Gasteiger charge is -2.08. The van der Waals surface area contributed by atoms with Crippen LogP contribution >= 0.6 is 22.6 Å². The predicted molar refractivity (Wildman–Crippen MR) is 86.9 cm³/mol. The van der Waals surface area contributed by atoms with Gasteiger partial charge in [-0.05, 0) is 47.6 Å². The second kappa shape index (κ2) is 9.57. The zero-order chi connectivity index (χ0) is 14.8. The molecule has 0 radical (unpaired) electrons. The molecule has 0 saturated carbocycles. The van der Waals surface area contributed by atoms with Crippen LogP contribution in [-0.4, -0.2) is 23.7 Å². The van der Waals surface area contributed by atoms with Crippen molar-refractivity contribution in [1.82, 2.24) is 5.32 Å². The second-order valence-corrected chi connectivity index (χ2v) is 5.58. The van der Waals surface area contributed by atoms with Gasteiger partial charge in [-0.3, -0.25) is 4.79 Å². The number of hydrogen-bond acceptors (Lipinski definition) is 2. The van der Waals surface area contributed by atoms with Crippen molar-refractivity contribution < 1.29 is 14.7 Å². The first-order valence-corrected chi connectivity index (χ1v) is 7.68. The highest BCUT2D eigenvalue weighted by atomic mass is 127. The molecule has 0 bridgehead atoms. The minimum Gasteiger partial charge on any atom is -0.481 e. The number of carboxylic acids is 1. The first-order chi connectivity index (χ1) is 9.59. The van der Waals surface area contributed by atoms with Crippen molar-refractivity contribution in [1.29, 1.82) is 0 Å². The minimum atomic E-state index is -0.750. The maximum atomic E-state index is 11.6. The van der Waals surface area contributed by atoms with Gasteiger partial charge in [0.05, 0.1) is 5.69 Å². The molecule has 0 saturated heterocycles.